The van der Waals surface area contributed by atoms with Crippen molar-refractivity contribution < 1.29 is 14.7 Å². The minimum atomic E-state index is -1.03. The molecular weight excluding hydrogens is 500 g/mol. The highest BCUT2D eigenvalue weighted by molar-refractivity contribution is 8.00. The molecule has 0 heterocycles. The minimum Gasteiger partial charge on any atom is -0.480 e. The van der Waals surface area contributed by atoms with Gasteiger partial charge in [-0.15, -0.1) is 11.8 Å². The van der Waals surface area contributed by atoms with Gasteiger partial charge in [-0.1, -0.05) is 91.0 Å². The van der Waals surface area contributed by atoms with E-state index in [2.05, 4.69) is 17.4 Å². The van der Waals surface area contributed by atoms with Crippen molar-refractivity contribution in [2.45, 2.75) is 42.6 Å². The van der Waals surface area contributed by atoms with Crippen LogP contribution in [0.25, 0.3) is 0 Å². The number of benzene rings is 3. The third kappa shape index (κ3) is 9.82. The number of carboxylic acids is 1. The van der Waals surface area contributed by atoms with Gasteiger partial charge in [0.15, 0.2) is 0 Å². The van der Waals surface area contributed by atoms with Gasteiger partial charge in [-0.2, -0.15) is 11.8 Å². The summed E-state index contributed by atoms with van der Waals surface area (Å²) in [6.07, 6.45) is 0.710. The van der Waals surface area contributed by atoms with Crippen LogP contribution < -0.4 is 5.32 Å². The number of aliphatic carboxylic acids is 1. The van der Waals surface area contributed by atoms with E-state index in [0.29, 0.717) is 25.3 Å². The van der Waals surface area contributed by atoms with Crippen LogP contribution in [0.4, 0.5) is 4.79 Å². The second-order valence-electron chi connectivity index (χ2n) is 9.36. The third-order valence-corrected chi connectivity index (χ3v) is 8.55. The zero-order chi connectivity index (χ0) is 26.5. The molecule has 37 heavy (non-hydrogen) atoms. The Labute approximate surface area is 229 Å². The standard InChI is InChI=1S/C30H36N2O3S2/c1-30(2,37-23-26-16-10-5-11-17-26)27(28(33)34)31-29(35)32(19-18-24-12-6-3-7-13-24)20-21-36-22-25-14-8-4-9-15-25/h3-17,27H,18-23H2,1-2H3,(H,31,35)(H,33,34)/t27-/m0/s1. The Morgan fingerprint density at radius 2 is 1.32 bits per heavy atom. The highest BCUT2D eigenvalue weighted by Crippen LogP contribution is 2.31. The van der Waals surface area contributed by atoms with Crippen molar-refractivity contribution in [3.8, 4) is 0 Å². The number of carbonyl (C=O) groups excluding carboxylic acids is 1. The number of amides is 2. The van der Waals surface area contributed by atoms with Gasteiger partial charge in [0.05, 0.1) is 0 Å². The summed E-state index contributed by atoms with van der Waals surface area (Å²) < 4.78 is -0.704. The Morgan fingerprint density at radius 3 is 1.86 bits per heavy atom. The third-order valence-electron chi connectivity index (χ3n) is 6.08. The molecule has 0 unspecified atom stereocenters. The van der Waals surface area contributed by atoms with E-state index < -0.39 is 16.8 Å². The van der Waals surface area contributed by atoms with E-state index in [1.54, 1.807) is 16.7 Å². The minimum absolute atomic E-state index is 0.336. The van der Waals surface area contributed by atoms with Crippen LogP contribution in [-0.4, -0.2) is 51.6 Å². The maximum Gasteiger partial charge on any atom is 0.327 e. The molecule has 3 aromatic carbocycles. The fraction of sp³-hybridized carbons (Fsp3) is 0.333. The summed E-state index contributed by atoms with van der Waals surface area (Å²) >= 11 is 3.30. The highest BCUT2D eigenvalue weighted by atomic mass is 32.2. The lowest BCUT2D eigenvalue weighted by atomic mass is 10.0. The van der Waals surface area contributed by atoms with Crippen molar-refractivity contribution >= 4 is 35.5 Å². The topological polar surface area (TPSA) is 69.6 Å². The summed E-state index contributed by atoms with van der Waals surface area (Å²) in [5.41, 5.74) is 3.51. The van der Waals surface area contributed by atoms with E-state index in [9.17, 15) is 14.7 Å². The van der Waals surface area contributed by atoms with Crippen LogP contribution in [0.1, 0.15) is 30.5 Å². The molecule has 3 aromatic rings. The summed E-state index contributed by atoms with van der Waals surface area (Å²) in [7, 11) is 0. The van der Waals surface area contributed by atoms with E-state index in [1.165, 1.54) is 17.3 Å². The first-order valence-electron chi connectivity index (χ1n) is 12.5. The van der Waals surface area contributed by atoms with Crippen LogP contribution in [-0.2, 0) is 22.7 Å². The maximum atomic E-state index is 13.4. The van der Waals surface area contributed by atoms with Gasteiger partial charge >= 0.3 is 12.0 Å². The molecule has 0 saturated carbocycles. The smallest absolute Gasteiger partial charge is 0.327 e. The van der Waals surface area contributed by atoms with Gasteiger partial charge in [0.2, 0.25) is 0 Å². The normalized spacial score (nSPS) is 12.1. The molecule has 5 nitrogen and oxygen atoms in total. The molecule has 1 atom stereocenters. The molecule has 196 valence electrons. The summed E-state index contributed by atoms with van der Waals surface area (Å²) in [5.74, 6) is 1.28. The average molecular weight is 537 g/mol. The molecule has 0 aromatic heterocycles. The molecule has 2 amide bonds. The number of carboxylic acid groups (broad SMARTS) is 1. The number of thioether (sulfide) groups is 2. The van der Waals surface area contributed by atoms with Crippen LogP contribution >= 0.6 is 23.5 Å². The zero-order valence-electron chi connectivity index (χ0n) is 21.5. The Balaban J connectivity index is 1.63. The van der Waals surface area contributed by atoms with Gasteiger partial charge in [-0.25, -0.2) is 9.59 Å². The molecule has 3 rings (SSSR count). The van der Waals surface area contributed by atoms with Crippen LogP contribution in [0, 0.1) is 0 Å². The van der Waals surface area contributed by atoms with Gasteiger partial charge < -0.3 is 15.3 Å². The van der Waals surface area contributed by atoms with E-state index in [4.69, 9.17) is 0 Å². The maximum absolute atomic E-state index is 13.4. The van der Waals surface area contributed by atoms with Crippen molar-refractivity contribution in [2.75, 3.05) is 18.8 Å². The molecule has 0 aliphatic rings. The monoisotopic (exact) mass is 536 g/mol. The summed E-state index contributed by atoms with van der Waals surface area (Å²) in [6.45, 7) is 4.82. The fourth-order valence-electron chi connectivity index (χ4n) is 3.84. The van der Waals surface area contributed by atoms with E-state index >= 15 is 0 Å². The van der Waals surface area contributed by atoms with Crippen LogP contribution in [0.5, 0.6) is 0 Å². The Morgan fingerprint density at radius 1 is 0.811 bits per heavy atom. The average Bonchev–Trinajstić information content (AvgIpc) is 2.91. The summed E-state index contributed by atoms with van der Waals surface area (Å²) in [4.78, 5) is 27.4. The van der Waals surface area contributed by atoms with E-state index in [0.717, 1.165) is 22.6 Å². The van der Waals surface area contributed by atoms with Crippen molar-refractivity contribution in [3.05, 3.63) is 108 Å². The molecule has 0 aliphatic carbocycles. The number of rotatable bonds is 14. The molecule has 0 bridgehead atoms. The van der Waals surface area contributed by atoms with Gasteiger partial charge in [-0.3, -0.25) is 0 Å². The molecule has 0 fully saturated rings. The summed E-state index contributed by atoms with van der Waals surface area (Å²) in [6, 6.07) is 28.9. The molecule has 2 N–H and O–H groups in total. The quantitative estimate of drug-likeness (QED) is 0.235. The number of hydrogen-bond acceptors (Lipinski definition) is 4. The lowest BCUT2D eigenvalue weighted by Crippen LogP contribution is -2.56. The zero-order valence-corrected chi connectivity index (χ0v) is 23.1. The predicted octanol–water partition coefficient (Wildman–Crippen LogP) is 6.34. The molecule has 0 radical (unpaired) electrons. The van der Waals surface area contributed by atoms with E-state index in [-0.39, 0.29) is 6.03 Å². The number of nitrogens with one attached hydrogen (secondary N) is 1. The Bertz CT molecular complexity index is 1100. The van der Waals surface area contributed by atoms with Crippen molar-refractivity contribution in [3.63, 3.8) is 0 Å². The van der Waals surface area contributed by atoms with Gasteiger partial charge in [-0.05, 0) is 37.0 Å². The van der Waals surface area contributed by atoms with Gasteiger partial charge in [0.25, 0.3) is 0 Å². The first-order valence-corrected chi connectivity index (χ1v) is 14.6. The second-order valence-corrected chi connectivity index (χ2v) is 12.1. The van der Waals surface area contributed by atoms with Crippen LogP contribution in [0.15, 0.2) is 91.0 Å². The summed E-state index contributed by atoms with van der Waals surface area (Å²) in [5, 5.41) is 12.9. The second kappa shape index (κ2) is 14.7. The molecule has 7 heteroatoms. The van der Waals surface area contributed by atoms with Gasteiger partial charge in [0, 0.05) is 35.1 Å². The lowest BCUT2D eigenvalue weighted by molar-refractivity contribution is -0.139. The molecule has 0 spiro atoms. The molecule has 0 saturated heterocycles. The largest absolute Gasteiger partial charge is 0.480 e. The lowest BCUT2D eigenvalue weighted by Gasteiger charge is -2.33. The van der Waals surface area contributed by atoms with Gasteiger partial charge in [0.1, 0.15) is 6.04 Å². The fourth-order valence-corrected chi connectivity index (χ4v) is 5.82. The molecular formula is C30H36N2O3S2. The number of hydrogen-bond donors (Lipinski definition) is 2. The number of nitrogens with zero attached hydrogens (tertiary/aromatic N) is 1. The first-order chi connectivity index (χ1) is 17.8. The van der Waals surface area contributed by atoms with Crippen LogP contribution in [0.2, 0.25) is 0 Å². The number of urea groups is 1. The molecule has 0 aliphatic heterocycles. The van der Waals surface area contributed by atoms with Crippen LogP contribution in [0.3, 0.4) is 0 Å². The van der Waals surface area contributed by atoms with E-state index in [1.807, 2.05) is 92.7 Å². The first kappa shape index (κ1) is 28.7. The number of carbonyl (C=O) groups is 2. The van der Waals surface area contributed by atoms with Crippen molar-refractivity contribution in [1.82, 2.24) is 10.2 Å². The Kier molecular flexibility index (Phi) is 11.4. The van der Waals surface area contributed by atoms with Crippen molar-refractivity contribution in [2.24, 2.45) is 0 Å². The van der Waals surface area contributed by atoms with Crippen molar-refractivity contribution in [1.29, 1.82) is 0 Å². The highest BCUT2D eigenvalue weighted by Gasteiger charge is 2.38. The predicted molar refractivity (Wildman–Crippen MR) is 156 cm³/mol. The SMILES string of the molecule is CC(C)(SCc1ccccc1)[C@@H](NC(=O)N(CCSCc1ccccc1)CCc1ccccc1)C(=O)O. The Hall–Kier alpha value is -2.90.